The molecular formula is C16H28O4. The Kier molecular flexibility index (Phi) is 6.80. The van der Waals surface area contributed by atoms with Gasteiger partial charge in [-0.1, -0.05) is 6.92 Å². The lowest BCUT2D eigenvalue weighted by atomic mass is 10.0. The van der Waals surface area contributed by atoms with Gasteiger partial charge >= 0.3 is 5.97 Å². The standard InChI is InChI=1S/C16H28O4/c1-2-16(17)20-15(9-7-13-5-3-11-18-13)10-8-14-6-4-12-19-14/h13-15H,2-12H2,1H3/t13-,14-/m0/s1. The van der Waals surface area contributed by atoms with Crippen molar-refractivity contribution in [2.45, 2.75) is 83.0 Å². The van der Waals surface area contributed by atoms with Gasteiger partial charge in [0.2, 0.25) is 0 Å². The van der Waals surface area contributed by atoms with Crippen LogP contribution in [0.3, 0.4) is 0 Å². The Morgan fingerprint density at radius 3 is 2.05 bits per heavy atom. The second-order valence-corrected chi connectivity index (χ2v) is 5.89. The monoisotopic (exact) mass is 284 g/mol. The number of carbonyl (C=O) groups is 1. The van der Waals surface area contributed by atoms with E-state index in [-0.39, 0.29) is 12.1 Å². The molecule has 0 unspecified atom stereocenters. The van der Waals surface area contributed by atoms with E-state index in [4.69, 9.17) is 14.2 Å². The van der Waals surface area contributed by atoms with Crippen molar-refractivity contribution in [2.24, 2.45) is 0 Å². The highest BCUT2D eigenvalue weighted by atomic mass is 16.5. The highest BCUT2D eigenvalue weighted by Gasteiger charge is 2.22. The molecule has 0 bridgehead atoms. The van der Waals surface area contributed by atoms with Crippen LogP contribution in [-0.2, 0) is 19.0 Å². The highest BCUT2D eigenvalue weighted by Crippen LogP contribution is 2.23. The van der Waals surface area contributed by atoms with Crippen molar-refractivity contribution in [1.29, 1.82) is 0 Å². The van der Waals surface area contributed by atoms with E-state index >= 15 is 0 Å². The maximum Gasteiger partial charge on any atom is 0.305 e. The molecule has 2 fully saturated rings. The lowest BCUT2D eigenvalue weighted by Crippen LogP contribution is -2.22. The molecule has 2 saturated heterocycles. The summed E-state index contributed by atoms with van der Waals surface area (Å²) in [5, 5.41) is 0. The van der Waals surface area contributed by atoms with Crippen LogP contribution >= 0.6 is 0 Å². The maximum absolute atomic E-state index is 11.5. The van der Waals surface area contributed by atoms with Gasteiger partial charge in [0.15, 0.2) is 0 Å². The van der Waals surface area contributed by atoms with Crippen LogP contribution in [0.1, 0.15) is 64.7 Å². The van der Waals surface area contributed by atoms with E-state index < -0.39 is 0 Å². The van der Waals surface area contributed by atoms with Crippen LogP contribution in [0.2, 0.25) is 0 Å². The summed E-state index contributed by atoms with van der Waals surface area (Å²) in [5.41, 5.74) is 0. The number of hydrogen-bond acceptors (Lipinski definition) is 4. The quantitative estimate of drug-likeness (QED) is 0.642. The second kappa shape index (κ2) is 8.63. The van der Waals surface area contributed by atoms with Gasteiger partial charge < -0.3 is 14.2 Å². The predicted molar refractivity (Wildman–Crippen MR) is 76.6 cm³/mol. The second-order valence-electron chi connectivity index (χ2n) is 5.89. The van der Waals surface area contributed by atoms with Gasteiger partial charge in [0, 0.05) is 19.6 Å². The Morgan fingerprint density at radius 2 is 1.65 bits per heavy atom. The molecule has 0 aromatic rings. The molecule has 4 nitrogen and oxygen atoms in total. The lowest BCUT2D eigenvalue weighted by Gasteiger charge is -2.20. The molecule has 4 heteroatoms. The molecule has 2 aliphatic heterocycles. The van der Waals surface area contributed by atoms with Crippen LogP contribution in [-0.4, -0.2) is 37.5 Å². The van der Waals surface area contributed by atoms with Crippen LogP contribution in [0.5, 0.6) is 0 Å². The summed E-state index contributed by atoms with van der Waals surface area (Å²) in [7, 11) is 0. The number of esters is 1. The van der Waals surface area contributed by atoms with Crippen molar-refractivity contribution in [2.75, 3.05) is 13.2 Å². The van der Waals surface area contributed by atoms with E-state index in [9.17, 15) is 4.79 Å². The Morgan fingerprint density at radius 1 is 1.10 bits per heavy atom. The first-order valence-electron chi connectivity index (χ1n) is 8.20. The predicted octanol–water partition coefficient (Wildman–Crippen LogP) is 3.23. The number of ether oxygens (including phenoxy) is 3. The summed E-state index contributed by atoms with van der Waals surface area (Å²) in [6.07, 6.45) is 9.74. The molecule has 2 rings (SSSR count). The van der Waals surface area contributed by atoms with E-state index in [1.54, 1.807) is 0 Å². The molecule has 116 valence electrons. The van der Waals surface area contributed by atoms with E-state index in [1.807, 2.05) is 6.92 Å². The summed E-state index contributed by atoms with van der Waals surface area (Å²) < 4.78 is 16.9. The highest BCUT2D eigenvalue weighted by molar-refractivity contribution is 5.69. The zero-order valence-corrected chi connectivity index (χ0v) is 12.6. The minimum Gasteiger partial charge on any atom is -0.462 e. The molecule has 2 aliphatic rings. The van der Waals surface area contributed by atoms with Crippen LogP contribution in [0.4, 0.5) is 0 Å². The lowest BCUT2D eigenvalue weighted by molar-refractivity contribution is -0.150. The minimum atomic E-state index is -0.0883. The van der Waals surface area contributed by atoms with Gasteiger partial charge in [0.25, 0.3) is 0 Å². The van der Waals surface area contributed by atoms with Crippen LogP contribution in [0.25, 0.3) is 0 Å². The zero-order valence-electron chi connectivity index (χ0n) is 12.6. The van der Waals surface area contributed by atoms with Gasteiger partial charge in [-0.15, -0.1) is 0 Å². The minimum absolute atomic E-state index is 0.0378. The SMILES string of the molecule is CCC(=O)OC(CC[C@@H]1CCCO1)CC[C@@H]1CCCO1. The molecule has 0 radical (unpaired) electrons. The van der Waals surface area contributed by atoms with Crippen molar-refractivity contribution in [3.8, 4) is 0 Å². The van der Waals surface area contributed by atoms with Crippen LogP contribution < -0.4 is 0 Å². The summed E-state index contributed by atoms with van der Waals surface area (Å²) in [6.45, 7) is 3.62. The normalized spacial score (nSPS) is 26.3. The fourth-order valence-electron chi connectivity index (χ4n) is 3.02. The van der Waals surface area contributed by atoms with Crippen molar-refractivity contribution < 1.29 is 19.0 Å². The average molecular weight is 284 g/mol. The average Bonchev–Trinajstić information content (AvgIpc) is 3.14. The molecule has 0 N–H and O–H groups in total. The van der Waals surface area contributed by atoms with Crippen LogP contribution in [0.15, 0.2) is 0 Å². The van der Waals surface area contributed by atoms with Gasteiger partial charge in [0.05, 0.1) is 12.2 Å². The zero-order chi connectivity index (χ0) is 14.2. The third kappa shape index (κ3) is 5.41. The molecule has 0 aromatic carbocycles. The molecule has 20 heavy (non-hydrogen) atoms. The fourth-order valence-corrected chi connectivity index (χ4v) is 3.02. The largest absolute Gasteiger partial charge is 0.462 e. The molecule has 0 spiro atoms. The number of hydrogen-bond donors (Lipinski definition) is 0. The Labute approximate surface area is 122 Å². The van der Waals surface area contributed by atoms with Gasteiger partial charge in [-0.05, 0) is 51.4 Å². The molecule has 2 atom stereocenters. The van der Waals surface area contributed by atoms with Gasteiger partial charge in [-0.2, -0.15) is 0 Å². The Balaban J connectivity index is 1.71. The van der Waals surface area contributed by atoms with Gasteiger partial charge in [-0.3, -0.25) is 4.79 Å². The summed E-state index contributed by atoms with van der Waals surface area (Å²) >= 11 is 0. The van der Waals surface area contributed by atoms with Gasteiger partial charge in [-0.25, -0.2) is 0 Å². The Bertz CT molecular complexity index is 260. The van der Waals surface area contributed by atoms with Crippen molar-refractivity contribution in [3.63, 3.8) is 0 Å². The molecule has 2 heterocycles. The van der Waals surface area contributed by atoms with E-state index in [0.29, 0.717) is 18.6 Å². The van der Waals surface area contributed by atoms with E-state index in [0.717, 1.165) is 51.7 Å². The number of rotatable bonds is 8. The van der Waals surface area contributed by atoms with Crippen molar-refractivity contribution in [1.82, 2.24) is 0 Å². The first-order valence-corrected chi connectivity index (χ1v) is 8.20. The Hall–Kier alpha value is -0.610. The van der Waals surface area contributed by atoms with E-state index in [2.05, 4.69) is 0 Å². The summed E-state index contributed by atoms with van der Waals surface area (Å²) in [5.74, 6) is -0.0883. The van der Waals surface area contributed by atoms with Crippen molar-refractivity contribution in [3.05, 3.63) is 0 Å². The molecule has 0 amide bonds. The van der Waals surface area contributed by atoms with Crippen LogP contribution in [0, 0.1) is 0 Å². The van der Waals surface area contributed by atoms with Gasteiger partial charge in [0.1, 0.15) is 6.10 Å². The van der Waals surface area contributed by atoms with E-state index in [1.165, 1.54) is 12.8 Å². The maximum atomic E-state index is 11.5. The summed E-state index contributed by atoms with van der Waals surface area (Å²) in [4.78, 5) is 11.5. The number of carbonyl (C=O) groups excluding carboxylic acids is 1. The molecule has 0 aromatic heterocycles. The first kappa shape index (κ1) is 15.8. The third-order valence-electron chi connectivity index (χ3n) is 4.26. The third-order valence-corrected chi connectivity index (χ3v) is 4.26. The molecular weight excluding hydrogens is 256 g/mol. The fraction of sp³-hybridized carbons (Fsp3) is 0.938. The molecule has 0 saturated carbocycles. The summed E-state index contributed by atoms with van der Waals surface area (Å²) in [6, 6.07) is 0. The smallest absolute Gasteiger partial charge is 0.305 e. The topological polar surface area (TPSA) is 44.8 Å². The first-order chi connectivity index (χ1) is 9.78. The molecule has 0 aliphatic carbocycles. The van der Waals surface area contributed by atoms with Crippen molar-refractivity contribution >= 4 is 5.97 Å².